The van der Waals surface area contributed by atoms with Crippen LogP contribution in [0.2, 0.25) is 0 Å². The summed E-state index contributed by atoms with van der Waals surface area (Å²) in [5, 5.41) is 0. The molecule has 0 aliphatic heterocycles. The van der Waals surface area contributed by atoms with Gasteiger partial charge in [0.05, 0.1) is 6.54 Å². The van der Waals surface area contributed by atoms with Gasteiger partial charge in [0.15, 0.2) is 0 Å². The second kappa shape index (κ2) is 5.37. The average molecular weight is 98.1 g/mol. The van der Waals surface area contributed by atoms with E-state index in [-0.39, 0.29) is 0 Å². The Morgan fingerprint density at radius 1 is 1.71 bits per heavy atom. The van der Waals surface area contributed by atoms with Gasteiger partial charge in [-0.05, 0) is 0 Å². The molecular weight excluding hydrogens is 88.1 g/mol. The topological polar surface area (TPSA) is 38.4 Å². The molecule has 0 heterocycles. The van der Waals surface area contributed by atoms with E-state index < -0.39 is 0 Å². The largest absolute Gasteiger partial charge is 0.326 e. The zero-order valence-electron chi connectivity index (χ0n) is 4.30. The van der Waals surface area contributed by atoms with E-state index >= 15 is 0 Å². The zero-order chi connectivity index (χ0) is 5.54. The van der Waals surface area contributed by atoms with Gasteiger partial charge in [-0.25, -0.2) is 0 Å². The monoisotopic (exact) mass is 98.1 g/mol. The molecule has 0 rings (SSSR count). The first kappa shape index (κ1) is 6.37. The van der Waals surface area contributed by atoms with Crippen LogP contribution in [-0.2, 0) is 0 Å². The third kappa shape index (κ3) is 5.37. The van der Waals surface area contributed by atoms with Gasteiger partial charge >= 0.3 is 0 Å². The molecule has 0 aromatic rings. The fraction of sp³-hybridized carbons (Fsp3) is 0.400. The maximum Gasteiger partial charge on any atom is 0.0564 e. The van der Waals surface area contributed by atoms with Crippen molar-refractivity contribution >= 4 is 6.21 Å². The number of hydrogen-bond donors (Lipinski definition) is 1. The van der Waals surface area contributed by atoms with Gasteiger partial charge in [-0.1, -0.05) is 6.08 Å². The minimum absolute atomic E-state index is 0.522. The Labute approximate surface area is 43.7 Å². The van der Waals surface area contributed by atoms with Crippen LogP contribution in [0.5, 0.6) is 0 Å². The van der Waals surface area contributed by atoms with Gasteiger partial charge in [0.1, 0.15) is 0 Å². The molecule has 7 heavy (non-hydrogen) atoms. The minimum Gasteiger partial charge on any atom is -0.326 e. The van der Waals surface area contributed by atoms with Crippen LogP contribution in [0, 0.1) is 0 Å². The lowest BCUT2D eigenvalue weighted by Crippen LogP contribution is -1.98. The van der Waals surface area contributed by atoms with E-state index in [1.165, 1.54) is 0 Å². The molecule has 0 saturated heterocycles. The summed E-state index contributed by atoms with van der Waals surface area (Å²) in [6.45, 7) is 4.68. The highest BCUT2D eigenvalue weighted by atomic mass is 14.7. The van der Waals surface area contributed by atoms with Gasteiger partial charge in [-0.2, -0.15) is 0 Å². The van der Waals surface area contributed by atoms with Crippen molar-refractivity contribution in [2.45, 2.75) is 0 Å². The standard InChI is InChI=1S/C5H10N2/c1-2-4-7-5-3-6/h2,5H,1,3-4,6H2/b7-5+. The number of hydrogen-bond acceptors (Lipinski definition) is 2. The Balaban J connectivity index is 2.92. The first-order valence-electron chi connectivity index (χ1n) is 2.21. The Bertz CT molecular complexity index is 66.5. The number of rotatable bonds is 3. The maximum absolute atomic E-state index is 5.09. The van der Waals surface area contributed by atoms with E-state index in [1.807, 2.05) is 0 Å². The minimum atomic E-state index is 0.522. The molecule has 0 atom stereocenters. The summed E-state index contributed by atoms with van der Waals surface area (Å²) in [4.78, 5) is 3.84. The van der Waals surface area contributed by atoms with Gasteiger partial charge < -0.3 is 5.73 Å². The van der Waals surface area contributed by atoms with Crippen molar-refractivity contribution in [2.24, 2.45) is 10.7 Å². The van der Waals surface area contributed by atoms with E-state index in [4.69, 9.17) is 5.73 Å². The second-order valence-corrected chi connectivity index (χ2v) is 1.07. The molecule has 0 spiro atoms. The van der Waals surface area contributed by atoms with Crippen molar-refractivity contribution in [1.82, 2.24) is 0 Å². The van der Waals surface area contributed by atoms with Crippen LogP contribution < -0.4 is 5.73 Å². The summed E-state index contributed by atoms with van der Waals surface area (Å²) in [6, 6.07) is 0. The highest BCUT2D eigenvalue weighted by molar-refractivity contribution is 5.59. The summed E-state index contributed by atoms with van der Waals surface area (Å²) in [7, 11) is 0. The van der Waals surface area contributed by atoms with Crippen molar-refractivity contribution in [2.75, 3.05) is 13.1 Å². The van der Waals surface area contributed by atoms with E-state index in [1.54, 1.807) is 12.3 Å². The first-order chi connectivity index (χ1) is 3.41. The summed E-state index contributed by atoms with van der Waals surface area (Å²) < 4.78 is 0. The second-order valence-electron chi connectivity index (χ2n) is 1.07. The summed E-state index contributed by atoms with van der Waals surface area (Å²) in [5.74, 6) is 0. The molecule has 0 saturated carbocycles. The number of nitrogens with zero attached hydrogens (tertiary/aromatic N) is 1. The van der Waals surface area contributed by atoms with Crippen LogP contribution in [0.15, 0.2) is 17.6 Å². The fourth-order valence-corrected chi connectivity index (χ4v) is 0.224. The summed E-state index contributed by atoms with van der Waals surface area (Å²) in [6.07, 6.45) is 3.40. The SMILES string of the molecule is C=CC/N=C/CN. The van der Waals surface area contributed by atoms with Gasteiger partial charge in [-0.3, -0.25) is 4.99 Å². The highest BCUT2D eigenvalue weighted by Gasteiger charge is 1.62. The van der Waals surface area contributed by atoms with Gasteiger partial charge in [0.25, 0.3) is 0 Å². The summed E-state index contributed by atoms with van der Waals surface area (Å²) in [5.41, 5.74) is 5.09. The predicted molar refractivity (Wildman–Crippen MR) is 32.6 cm³/mol. The van der Waals surface area contributed by atoms with Crippen LogP contribution in [-0.4, -0.2) is 19.3 Å². The van der Waals surface area contributed by atoms with Gasteiger partial charge in [0.2, 0.25) is 0 Å². The van der Waals surface area contributed by atoms with E-state index in [9.17, 15) is 0 Å². The Morgan fingerprint density at radius 2 is 2.43 bits per heavy atom. The Hall–Kier alpha value is -0.630. The van der Waals surface area contributed by atoms with Crippen molar-refractivity contribution in [3.63, 3.8) is 0 Å². The third-order valence-electron chi connectivity index (χ3n) is 0.469. The van der Waals surface area contributed by atoms with Crippen molar-refractivity contribution in [3.05, 3.63) is 12.7 Å². The normalized spacial score (nSPS) is 9.86. The number of nitrogens with two attached hydrogens (primary N) is 1. The van der Waals surface area contributed by atoms with Crippen LogP contribution in [0.3, 0.4) is 0 Å². The molecule has 0 amide bonds. The molecular formula is C5H10N2. The molecule has 0 aliphatic carbocycles. The lowest BCUT2D eigenvalue weighted by molar-refractivity contribution is 1.22. The first-order valence-corrected chi connectivity index (χ1v) is 2.21. The molecule has 0 bridgehead atoms. The van der Waals surface area contributed by atoms with Crippen LogP contribution in [0.1, 0.15) is 0 Å². The average Bonchev–Trinajstić information content (AvgIpc) is 1.69. The molecule has 0 aromatic carbocycles. The Morgan fingerprint density at radius 3 is 2.86 bits per heavy atom. The van der Waals surface area contributed by atoms with E-state index in [0.717, 1.165) is 0 Å². The maximum atomic E-state index is 5.09. The van der Waals surface area contributed by atoms with Crippen molar-refractivity contribution in [3.8, 4) is 0 Å². The zero-order valence-corrected chi connectivity index (χ0v) is 4.30. The predicted octanol–water partition coefficient (Wildman–Crippen LogP) is 0.202. The molecule has 2 nitrogen and oxygen atoms in total. The lowest BCUT2D eigenvalue weighted by Gasteiger charge is -1.77. The molecule has 0 fully saturated rings. The molecule has 2 N–H and O–H groups in total. The smallest absolute Gasteiger partial charge is 0.0564 e. The van der Waals surface area contributed by atoms with Crippen molar-refractivity contribution < 1.29 is 0 Å². The molecule has 0 unspecified atom stereocenters. The van der Waals surface area contributed by atoms with Crippen LogP contribution in [0.4, 0.5) is 0 Å². The highest BCUT2D eigenvalue weighted by Crippen LogP contribution is 1.64. The summed E-state index contributed by atoms with van der Waals surface area (Å²) >= 11 is 0. The van der Waals surface area contributed by atoms with Crippen LogP contribution in [0.25, 0.3) is 0 Å². The Kier molecular flexibility index (Phi) is 4.89. The fourth-order valence-electron chi connectivity index (χ4n) is 0.224. The molecule has 2 heteroatoms. The van der Waals surface area contributed by atoms with Gasteiger partial charge in [0, 0.05) is 12.8 Å². The molecule has 40 valence electrons. The van der Waals surface area contributed by atoms with E-state index in [2.05, 4.69) is 11.6 Å². The van der Waals surface area contributed by atoms with Crippen LogP contribution >= 0.6 is 0 Å². The third-order valence-corrected chi connectivity index (χ3v) is 0.469. The number of aliphatic imine (C=N–C) groups is 1. The molecule has 0 radical (unpaired) electrons. The quantitative estimate of drug-likeness (QED) is 0.397. The van der Waals surface area contributed by atoms with Crippen molar-refractivity contribution in [1.29, 1.82) is 0 Å². The van der Waals surface area contributed by atoms with E-state index in [0.29, 0.717) is 13.1 Å². The van der Waals surface area contributed by atoms with Gasteiger partial charge in [-0.15, -0.1) is 6.58 Å². The molecule has 0 aromatic heterocycles. The lowest BCUT2D eigenvalue weighted by atomic mass is 10.6. The molecule has 0 aliphatic rings.